The van der Waals surface area contributed by atoms with Crippen LogP contribution in [0.5, 0.6) is 11.5 Å². The Balaban J connectivity index is 0.975. The molecule has 5 nitrogen and oxygen atoms in total. The molecule has 3 aromatic heterocycles. The van der Waals surface area contributed by atoms with Gasteiger partial charge in [0.1, 0.15) is 17.3 Å². The first-order valence-corrected chi connectivity index (χ1v) is 28.3. The van der Waals surface area contributed by atoms with E-state index in [2.05, 4.69) is 150 Å². The summed E-state index contributed by atoms with van der Waals surface area (Å²) < 4.78 is 83.2. The first-order valence-electron chi connectivity index (χ1n) is 32.3. The maximum absolute atomic E-state index is 9.28. The maximum atomic E-state index is 9.28. The van der Waals surface area contributed by atoms with E-state index in [1.54, 1.807) is 24.4 Å². The fraction of sp³-hybridized carbons (Fsp3) is 0.221. The van der Waals surface area contributed by atoms with Gasteiger partial charge < -0.3 is 4.74 Å². The van der Waals surface area contributed by atoms with Gasteiger partial charge in [-0.3, -0.25) is 13.7 Å². The van der Waals surface area contributed by atoms with Gasteiger partial charge in [-0.1, -0.05) is 216 Å². The number of nitrogens with zero attached hydrogens (tertiary/aromatic N) is 4. The highest BCUT2D eigenvalue weighted by Gasteiger charge is 2.25. The number of benzene rings is 9. The summed E-state index contributed by atoms with van der Waals surface area (Å²) in [4.78, 5) is 5.23. The second kappa shape index (κ2) is 20.3. The predicted octanol–water partition coefficient (Wildman–Crippen LogP) is 20.2. The summed E-state index contributed by atoms with van der Waals surface area (Å²) in [5.74, 6) is 1.53. The summed E-state index contributed by atoms with van der Waals surface area (Å²) in [6.07, 6.45) is 5.26. The molecule has 0 aliphatic rings. The van der Waals surface area contributed by atoms with Crippen LogP contribution in [-0.2, 0) is 21.7 Å². The molecule has 0 aliphatic carbocycles. The molecule has 0 spiro atoms. The molecule has 5 heteroatoms. The molecule has 9 aromatic carbocycles. The van der Waals surface area contributed by atoms with E-state index in [4.69, 9.17) is 16.6 Å². The van der Waals surface area contributed by atoms with E-state index in [-0.39, 0.29) is 44.9 Å². The van der Waals surface area contributed by atoms with Crippen molar-refractivity contribution in [3.8, 4) is 73.2 Å². The minimum atomic E-state index is -2.55. The Morgan fingerprint density at radius 2 is 1.01 bits per heavy atom. The van der Waals surface area contributed by atoms with Crippen LogP contribution in [0.15, 0.2) is 212 Å². The summed E-state index contributed by atoms with van der Waals surface area (Å²) in [5, 5.41) is 1.90. The van der Waals surface area contributed by atoms with Gasteiger partial charge in [-0.05, 0) is 162 Å². The van der Waals surface area contributed by atoms with E-state index >= 15 is 0 Å². The standard InChI is InChI=1S/C77H74N4O/c1-50-36-73(78-48-67(50)56-38-52(54-40-57(74(2,3)4)44-58(41-54)75(5,6)7)37-53(39-56)55-42-59(76(8,9)10)45-60(43-55)77(11,12)13)81-69-31-20-18-29-65(69)66-35-34-63(47-72(66)81)82-62-27-23-26-61(46-62)79-49-80(71-33-22-21-32-70(71)79)68-30-19-17-28-64(68)51-24-15-14-16-25-51/h14-48H,1-13H3/i1D3,14D,15D,16D,24D,25D. The van der Waals surface area contributed by atoms with Crippen LogP contribution < -0.4 is 9.30 Å². The van der Waals surface area contributed by atoms with Gasteiger partial charge in [0.05, 0.1) is 40.3 Å². The van der Waals surface area contributed by atoms with E-state index < -0.39 is 25.0 Å². The second-order valence-electron chi connectivity index (χ2n) is 25.9. The van der Waals surface area contributed by atoms with Crippen molar-refractivity contribution in [2.75, 3.05) is 0 Å². The average molecular weight is 1080 g/mol. The third kappa shape index (κ3) is 10.3. The van der Waals surface area contributed by atoms with Crippen LogP contribution in [0.25, 0.3) is 94.5 Å². The van der Waals surface area contributed by atoms with E-state index in [1.165, 1.54) is 22.3 Å². The van der Waals surface area contributed by atoms with Crippen LogP contribution in [0.1, 0.15) is 122 Å². The summed E-state index contributed by atoms with van der Waals surface area (Å²) >= 11 is 0. The van der Waals surface area contributed by atoms with Crippen molar-refractivity contribution in [1.82, 2.24) is 14.1 Å². The van der Waals surface area contributed by atoms with Gasteiger partial charge in [0, 0.05) is 32.7 Å². The minimum Gasteiger partial charge on any atom is -0.458 e. The number of aryl methyl sites for hydroxylation is 1. The lowest BCUT2D eigenvalue weighted by atomic mass is 9.78. The molecule has 0 saturated heterocycles. The van der Waals surface area contributed by atoms with Crippen molar-refractivity contribution in [2.24, 2.45) is 0 Å². The Bertz CT molecular complexity index is 4660. The molecule has 0 atom stereocenters. The van der Waals surface area contributed by atoms with E-state index in [9.17, 15) is 4.11 Å². The number of ether oxygens (including phenoxy) is 1. The number of aromatic nitrogens is 4. The zero-order chi connectivity index (χ0) is 64.3. The molecule has 12 aromatic rings. The van der Waals surface area contributed by atoms with Crippen molar-refractivity contribution in [3.05, 3.63) is 246 Å². The number of hydrogen-bond donors (Lipinski definition) is 0. The number of hydrogen-bond acceptors (Lipinski definition) is 2. The monoisotopic (exact) mass is 1080 g/mol. The lowest BCUT2D eigenvalue weighted by Crippen LogP contribution is -2.30. The van der Waals surface area contributed by atoms with E-state index in [0.717, 1.165) is 66.3 Å². The van der Waals surface area contributed by atoms with Crippen LogP contribution in [0, 0.1) is 13.2 Å². The largest absolute Gasteiger partial charge is 0.458 e. The van der Waals surface area contributed by atoms with Crippen molar-refractivity contribution < 1.29 is 20.3 Å². The van der Waals surface area contributed by atoms with E-state index in [0.29, 0.717) is 34.1 Å². The molecule has 82 heavy (non-hydrogen) atoms. The normalized spacial score (nSPS) is 14.0. The van der Waals surface area contributed by atoms with Gasteiger partial charge in [-0.25, -0.2) is 4.98 Å². The molecular formula is C77H74N4O. The fourth-order valence-corrected chi connectivity index (χ4v) is 11.0. The third-order valence-electron chi connectivity index (χ3n) is 15.8. The molecular weight excluding hydrogens is 997 g/mol. The Kier molecular flexibility index (Phi) is 11.1. The number of imidazole rings is 1. The Morgan fingerprint density at radius 1 is 0.463 bits per heavy atom. The number of pyridine rings is 1. The molecule has 0 aliphatic heterocycles. The Morgan fingerprint density at radius 3 is 1.65 bits per heavy atom. The highest BCUT2D eigenvalue weighted by molar-refractivity contribution is 6.09. The van der Waals surface area contributed by atoms with Gasteiger partial charge in [0.15, 0.2) is 0 Å². The lowest BCUT2D eigenvalue weighted by Gasteiger charge is -2.27. The summed E-state index contributed by atoms with van der Waals surface area (Å²) in [6, 6.07) is 57.0. The molecule has 408 valence electrons. The van der Waals surface area contributed by atoms with Crippen molar-refractivity contribution in [3.63, 3.8) is 0 Å². The molecule has 0 radical (unpaired) electrons. The second-order valence-corrected chi connectivity index (χ2v) is 25.9. The summed E-state index contributed by atoms with van der Waals surface area (Å²) in [5.41, 5.74) is 15.0. The molecule has 12 rings (SSSR count). The molecule has 0 N–H and O–H groups in total. The van der Waals surface area contributed by atoms with Crippen molar-refractivity contribution in [1.29, 1.82) is 0 Å². The SMILES string of the molecule is [2H]c1c([2H])c([2H])c(-c2ccccc2-[n+]2[c-]n(-c3cccc(Oc4ccc5c6ccccc6n(-c6cc(C([2H])([2H])[2H])c(-c7cc(-c8cc(C(C)(C)C)cc(C(C)(C)C)c8)cc(-c8cc(C(C)(C)C)cc(C(C)(C)C)c8)c7)cn6)c5c4)c3)c3ccccc32)c([2H])c1[2H]. The minimum absolute atomic E-state index is 0.0997. The van der Waals surface area contributed by atoms with Crippen molar-refractivity contribution in [2.45, 2.75) is 112 Å². The van der Waals surface area contributed by atoms with Crippen LogP contribution >= 0.6 is 0 Å². The number of fused-ring (bicyclic) bond motifs is 4. The van der Waals surface area contributed by atoms with Crippen LogP contribution in [0.3, 0.4) is 0 Å². The van der Waals surface area contributed by atoms with Gasteiger partial charge >= 0.3 is 0 Å². The number of rotatable bonds is 9. The summed E-state index contributed by atoms with van der Waals surface area (Å²) in [6.45, 7) is 24.4. The molecule has 0 amide bonds. The molecule has 0 bridgehead atoms. The first-order chi connectivity index (χ1) is 42.3. The van der Waals surface area contributed by atoms with E-state index in [1.807, 2.05) is 111 Å². The van der Waals surface area contributed by atoms with Crippen LogP contribution in [-0.4, -0.2) is 14.1 Å². The smallest absolute Gasteiger partial charge is 0.269 e. The topological polar surface area (TPSA) is 35.9 Å². The molecule has 0 fully saturated rings. The summed E-state index contributed by atoms with van der Waals surface area (Å²) in [7, 11) is 0. The lowest BCUT2D eigenvalue weighted by molar-refractivity contribution is -0.571. The quantitative estimate of drug-likeness (QED) is 0.107. The highest BCUT2D eigenvalue weighted by atomic mass is 16.5. The van der Waals surface area contributed by atoms with Gasteiger partial charge in [-0.2, -0.15) is 0 Å². The first kappa shape index (κ1) is 44.9. The molecule has 3 heterocycles. The zero-order valence-electron chi connectivity index (χ0n) is 57.0. The van der Waals surface area contributed by atoms with Gasteiger partial charge in [0.2, 0.25) is 0 Å². The molecule has 0 saturated carbocycles. The van der Waals surface area contributed by atoms with Crippen molar-refractivity contribution >= 4 is 32.8 Å². The Labute approximate surface area is 496 Å². The van der Waals surface area contributed by atoms with Gasteiger partial charge in [0.25, 0.3) is 6.33 Å². The third-order valence-corrected chi connectivity index (χ3v) is 15.8. The van der Waals surface area contributed by atoms with Crippen LogP contribution in [0.4, 0.5) is 0 Å². The molecule has 0 unspecified atom stereocenters. The zero-order valence-corrected chi connectivity index (χ0v) is 49.0. The van der Waals surface area contributed by atoms with Gasteiger partial charge in [-0.15, -0.1) is 0 Å². The predicted molar refractivity (Wildman–Crippen MR) is 344 cm³/mol. The average Bonchev–Trinajstić information content (AvgIpc) is 1.51. The Hall–Kier alpha value is -8.80. The highest BCUT2D eigenvalue weighted by Crippen LogP contribution is 2.42. The van der Waals surface area contributed by atoms with Crippen LogP contribution in [0.2, 0.25) is 0 Å². The maximum Gasteiger partial charge on any atom is 0.269 e. The fourth-order valence-electron chi connectivity index (χ4n) is 11.0. The number of para-hydroxylation sites is 4.